The summed E-state index contributed by atoms with van der Waals surface area (Å²) in [4.78, 5) is 55.0. The monoisotopic (exact) mass is 765 g/mol. The Kier molecular flexibility index (Phi) is 9.79. The van der Waals surface area contributed by atoms with E-state index in [0.717, 1.165) is 11.1 Å². The molecule has 0 amide bonds. The summed E-state index contributed by atoms with van der Waals surface area (Å²) in [5.74, 6) is -2.90. The van der Waals surface area contributed by atoms with E-state index >= 15 is 14.4 Å². The van der Waals surface area contributed by atoms with Gasteiger partial charge in [0.05, 0.1) is 17.5 Å². The quantitative estimate of drug-likeness (QED) is 0.135. The molecule has 2 aromatic heterocycles. The van der Waals surface area contributed by atoms with Crippen molar-refractivity contribution in [2.24, 2.45) is 17.8 Å². The first kappa shape index (κ1) is 38.4. The molecule has 5 atom stereocenters. The van der Waals surface area contributed by atoms with Gasteiger partial charge in [-0.2, -0.15) is 0 Å². The predicted octanol–water partition coefficient (Wildman–Crippen LogP) is 6.70. The summed E-state index contributed by atoms with van der Waals surface area (Å²) in [7, 11) is 4.55. The number of nitrogen functional groups attached to an aromatic ring is 1. The normalized spacial score (nSPS) is 23.5. The van der Waals surface area contributed by atoms with E-state index in [-0.39, 0.29) is 46.8 Å². The highest BCUT2D eigenvalue weighted by Crippen LogP contribution is 2.59. The molecule has 0 aliphatic heterocycles. The fraction of sp³-hybridized carbons (Fsp3) is 0.452. The number of carbonyl (C=O) groups excluding carboxylic acids is 3. The van der Waals surface area contributed by atoms with Crippen molar-refractivity contribution in [3.05, 3.63) is 94.2 Å². The number of benzene rings is 2. The summed E-state index contributed by atoms with van der Waals surface area (Å²) in [5, 5.41) is 3.89. The van der Waals surface area contributed by atoms with Crippen LogP contribution < -0.4 is 20.1 Å². The van der Waals surface area contributed by atoms with Crippen LogP contribution in [0.4, 0.5) is 11.6 Å². The molecule has 1 fully saturated rings. The smallest absolute Gasteiger partial charge is 0.265 e. The van der Waals surface area contributed by atoms with E-state index in [1.165, 1.54) is 0 Å². The topological polar surface area (TPSA) is 150 Å². The Labute approximate surface area is 323 Å². The lowest BCUT2D eigenvalue weighted by Gasteiger charge is -2.56. The Morgan fingerprint density at radius 3 is 2.07 bits per heavy atom. The Bertz CT molecular complexity index is 2130. The number of hydrogen-bond acceptors (Lipinski definition) is 12. The number of Topliss-reactive ketones (excluding diaryl/α,β-unsaturated/α-hetero) is 3. The molecule has 1 saturated carbocycles. The summed E-state index contributed by atoms with van der Waals surface area (Å²) in [5.41, 5.74) is 7.27. The molecule has 3 aliphatic rings. The first-order valence-corrected chi connectivity index (χ1v) is 21.7. The summed E-state index contributed by atoms with van der Waals surface area (Å²) in [6.07, 6.45) is 0.665. The Hall–Kier alpha value is -4.85. The molecule has 3 aliphatic carbocycles. The number of carbonyl (C=O) groups is 3. The fourth-order valence-electron chi connectivity index (χ4n) is 8.36. The number of aromatic nitrogens is 2. The highest BCUT2D eigenvalue weighted by molar-refractivity contribution is 6.74. The SMILES string of the molecule is CN(C)c1nc(N)c(OCc2ccccc2)c2c1C[C@H]1C[C@H]3[C@H](N(C)C)c4onc(OCc5ccccc5)c4C(=O)[C@@]3(O[Si](C)(C)C(C)(C)C)C(=O)C1C2=O. The van der Waals surface area contributed by atoms with Crippen LogP contribution in [0.15, 0.2) is 65.2 Å². The van der Waals surface area contributed by atoms with Crippen LogP contribution in [0.25, 0.3) is 0 Å². The van der Waals surface area contributed by atoms with Crippen LogP contribution in [0.2, 0.25) is 18.1 Å². The average molecular weight is 766 g/mol. The summed E-state index contributed by atoms with van der Waals surface area (Å²) in [6, 6.07) is 18.5. The van der Waals surface area contributed by atoms with Gasteiger partial charge in [0.1, 0.15) is 24.6 Å². The van der Waals surface area contributed by atoms with Gasteiger partial charge in [0.25, 0.3) is 5.88 Å². The van der Waals surface area contributed by atoms with Crippen molar-refractivity contribution in [1.29, 1.82) is 0 Å². The van der Waals surface area contributed by atoms with Crippen LogP contribution in [0, 0.1) is 17.8 Å². The number of ether oxygens (including phenoxy) is 2. The summed E-state index contributed by atoms with van der Waals surface area (Å²) >= 11 is 0. The van der Waals surface area contributed by atoms with Crippen molar-refractivity contribution >= 4 is 37.3 Å². The number of pyridine rings is 1. The lowest BCUT2D eigenvalue weighted by atomic mass is 9.54. The third kappa shape index (κ3) is 6.35. The van der Waals surface area contributed by atoms with E-state index in [1.807, 2.05) is 112 Å². The van der Waals surface area contributed by atoms with Gasteiger partial charge in [-0.05, 0) is 67.3 Å². The van der Waals surface area contributed by atoms with Gasteiger partial charge in [-0.15, -0.1) is 0 Å². The van der Waals surface area contributed by atoms with Crippen LogP contribution in [-0.2, 0) is 28.9 Å². The second kappa shape index (κ2) is 14.0. The summed E-state index contributed by atoms with van der Waals surface area (Å²) < 4.78 is 25.7. The van der Waals surface area contributed by atoms with E-state index in [0.29, 0.717) is 30.0 Å². The molecule has 2 N–H and O–H groups in total. The van der Waals surface area contributed by atoms with E-state index in [2.05, 4.69) is 25.9 Å². The zero-order chi connectivity index (χ0) is 39.6. The number of fused-ring (bicyclic) bond motifs is 4. The van der Waals surface area contributed by atoms with Crippen molar-refractivity contribution in [1.82, 2.24) is 15.0 Å². The number of nitrogens with zero attached hydrogens (tertiary/aromatic N) is 4. The zero-order valence-electron chi connectivity index (χ0n) is 33.1. The fourth-order valence-corrected chi connectivity index (χ4v) is 9.82. The number of nitrogens with two attached hydrogens (primary N) is 1. The standard InChI is InChI=1S/C42H51N5O7Si/c1-41(2,3)55(8,9)54-42-28(32(46(4)5)34-31(37(42)50)40(45-53-34)52-23-25-18-14-11-15-19-25)21-26-20-27-30(33(48)29(26)36(42)49)35(38(43)44-39(27)47(6)7)51-22-24-16-12-10-13-17-24/h10-19,26,28-29,32H,20-23H2,1-9H3,(H2,43,44)/t26-,28-,29?,32-,42-/m0/s1. The molecule has 7 rings (SSSR count). The Morgan fingerprint density at radius 1 is 0.909 bits per heavy atom. The van der Waals surface area contributed by atoms with Crippen LogP contribution in [-0.4, -0.2) is 74.5 Å². The van der Waals surface area contributed by atoms with E-state index in [9.17, 15) is 0 Å². The van der Waals surface area contributed by atoms with Crippen molar-refractivity contribution < 1.29 is 32.8 Å². The lowest BCUT2D eigenvalue weighted by Crippen LogP contribution is -2.70. The molecule has 2 aromatic carbocycles. The Balaban J connectivity index is 1.39. The van der Waals surface area contributed by atoms with Crippen molar-refractivity contribution in [3.8, 4) is 11.6 Å². The van der Waals surface area contributed by atoms with Gasteiger partial charge in [0.15, 0.2) is 42.8 Å². The van der Waals surface area contributed by atoms with Gasteiger partial charge < -0.3 is 29.1 Å². The molecule has 0 radical (unpaired) electrons. The van der Waals surface area contributed by atoms with E-state index in [4.69, 9.17) is 29.1 Å². The Morgan fingerprint density at radius 2 is 1.51 bits per heavy atom. The molecule has 0 spiro atoms. The van der Waals surface area contributed by atoms with Gasteiger partial charge in [-0.3, -0.25) is 19.3 Å². The van der Waals surface area contributed by atoms with E-state index < -0.39 is 55.1 Å². The third-order valence-corrected chi connectivity index (χ3v) is 16.4. The minimum Gasteiger partial charge on any atom is -0.484 e. The molecule has 0 saturated heterocycles. The number of anilines is 2. The minimum absolute atomic E-state index is 0.00586. The molecular formula is C42H51N5O7Si. The first-order valence-electron chi connectivity index (χ1n) is 18.8. The summed E-state index contributed by atoms with van der Waals surface area (Å²) in [6.45, 7) is 10.5. The maximum Gasteiger partial charge on any atom is 0.265 e. The van der Waals surface area contributed by atoms with Gasteiger partial charge in [-0.25, -0.2) is 4.98 Å². The average Bonchev–Trinajstić information content (AvgIpc) is 3.55. The lowest BCUT2D eigenvalue weighted by molar-refractivity contribution is -0.151. The van der Waals surface area contributed by atoms with Gasteiger partial charge in [-0.1, -0.05) is 81.4 Å². The van der Waals surface area contributed by atoms with Crippen LogP contribution in [0.3, 0.4) is 0 Å². The molecular weight excluding hydrogens is 715 g/mol. The maximum absolute atomic E-state index is 15.8. The third-order valence-electron chi connectivity index (χ3n) is 12.0. The highest BCUT2D eigenvalue weighted by atomic mass is 28.4. The number of hydrogen-bond donors (Lipinski definition) is 1. The molecule has 4 aromatic rings. The first-order chi connectivity index (χ1) is 26.0. The molecule has 2 heterocycles. The van der Waals surface area contributed by atoms with Gasteiger partial charge in [0.2, 0.25) is 5.78 Å². The maximum atomic E-state index is 15.8. The number of ketones is 3. The van der Waals surface area contributed by atoms with Crippen molar-refractivity contribution in [2.75, 3.05) is 38.8 Å². The second-order valence-electron chi connectivity index (χ2n) is 17.0. The zero-order valence-corrected chi connectivity index (χ0v) is 34.1. The largest absolute Gasteiger partial charge is 0.484 e. The van der Waals surface area contributed by atoms with E-state index in [1.54, 1.807) is 0 Å². The molecule has 12 nitrogen and oxygen atoms in total. The molecule has 0 bridgehead atoms. The van der Waals surface area contributed by atoms with Gasteiger partial charge >= 0.3 is 0 Å². The van der Waals surface area contributed by atoms with Crippen molar-refractivity contribution in [2.45, 2.75) is 76.6 Å². The van der Waals surface area contributed by atoms with Crippen LogP contribution >= 0.6 is 0 Å². The highest BCUT2D eigenvalue weighted by Gasteiger charge is 2.70. The second-order valence-corrected chi connectivity index (χ2v) is 21.7. The molecule has 13 heteroatoms. The molecule has 55 heavy (non-hydrogen) atoms. The van der Waals surface area contributed by atoms with Crippen molar-refractivity contribution in [3.63, 3.8) is 0 Å². The van der Waals surface area contributed by atoms with Crippen LogP contribution in [0.5, 0.6) is 11.6 Å². The van der Waals surface area contributed by atoms with Crippen LogP contribution in [0.1, 0.15) is 76.4 Å². The molecule has 290 valence electrons. The molecule has 1 unspecified atom stereocenters. The minimum atomic E-state index is -2.92. The number of rotatable bonds is 10. The van der Waals surface area contributed by atoms with Gasteiger partial charge in [0, 0.05) is 25.6 Å². The predicted molar refractivity (Wildman–Crippen MR) is 211 cm³/mol.